The highest BCUT2D eigenvalue weighted by atomic mass is 16.5. The first-order valence-corrected chi connectivity index (χ1v) is 9.82. The van der Waals surface area contributed by atoms with Crippen molar-refractivity contribution in [3.05, 3.63) is 59.8 Å². The molecule has 6 heteroatoms. The predicted octanol–water partition coefficient (Wildman–Crippen LogP) is 4.08. The third-order valence-corrected chi connectivity index (χ3v) is 4.43. The number of rotatable bonds is 8. The van der Waals surface area contributed by atoms with Crippen LogP contribution in [-0.4, -0.2) is 36.0 Å². The number of likely N-dealkylation sites (N-methyl/N-ethyl adjacent to an activating group) is 1. The van der Waals surface area contributed by atoms with Crippen molar-refractivity contribution in [3.8, 4) is 11.5 Å². The zero-order valence-electron chi connectivity index (χ0n) is 17.2. The van der Waals surface area contributed by atoms with E-state index in [1.54, 1.807) is 19.1 Å². The summed E-state index contributed by atoms with van der Waals surface area (Å²) in [5.74, 6) is 0.832. The van der Waals surface area contributed by atoms with Crippen molar-refractivity contribution in [2.75, 3.05) is 18.5 Å². The highest BCUT2D eigenvalue weighted by molar-refractivity contribution is 6.36. The summed E-state index contributed by atoms with van der Waals surface area (Å²) < 4.78 is 11.1. The molecule has 1 N–H and O–H groups in total. The number of nitrogens with zero attached hydrogens (tertiary/aromatic N) is 1. The molecule has 0 radical (unpaired) electrons. The minimum atomic E-state index is -0.330. The molecule has 1 heterocycles. The standard InChI is InChI=1S/C23H26N2O4/c1-5-25-22(26)20(16-7-11-19(12-8-16)29-15(3)4)21(23(25)27)24-17-9-13-18(14-10-17)28-6-2/h7-15,24H,5-6H2,1-4H3. The molecule has 1 aliphatic heterocycles. The largest absolute Gasteiger partial charge is 0.494 e. The molecule has 0 fully saturated rings. The Bertz CT molecular complexity index is 915. The molecule has 6 nitrogen and oxygen atoms in total. The van der Waals surface area contributed by atoms with E-state index in [4.69, 9.17) is 9.47 Å². The van der Waals surface area contributed by atoms with Crippen LogP contribution in [-0.2, 0) is 9.59 Å². The van der Waals surface area contributed by atoms with Gasteiger partial charge in [0, 0.05) is 12.2 Å². The van der Waals surface area contributed by atoms with Gasteiger partial charge in [0.15, 0.2) is 0 Å². The van der Waals surface area contributed by atoms with Gasteiger partial charge < -0.3 is 14.8 Å². The molecule has 0 aromatic heterocycles. The third kappa shape index (κ3) is 4.42. The van der Waals surface area contributed by atoms with Crippen LogP contribution in [0.25, 0.3) is 5.57 Å². The van der Waals surface area contributed by atoms with Crippen molar-refractivity contribution >= 4 is 23.1 Å². The van der Waals surface area contributed by atoms with Crippen LogP contribution < -0.4 is 14.8 Å². The fourth-order valence-corrected chi connectivity index (χ4v) is 3.16. The lowest BCUT2D eigenvalue weighted by Crippen LogP contribution is -2.32. The number of benzene rings is 2. The van der Waals surface area contributed by atoms with E-state index in [1.807, 2.05) is 57.2 Å². The number of imide groups is 1. The molecular formula is C23H26N2O4. The first-order chi connectivity index (χ1) is 13.9. The zero-order chi connectivity index (χ0) is 21.0. The molecule has 0 unspecified atom stereocenters. The quantitative estimate of drug-likeness (QED) is 0.683. The Morgan fingerprint density at radius 3 is 2.07 bits per heavy atom. The molecule has 2 aromatic rings. The molecule has 0 saturated heterocycles. The molecule has 2 amide bonds. The molecule has 0 aliphatic carbocycles. The summed E-state index contributed by atoms with van der Waals surface area (Å²) in [4.78, 5) is 27.0. The van der Waals surface area contributed by atoms with Crippen LogP contribution in [0.15, 0.2) is 54.2 Å². The number of anilines is 1. The lowest BCUT2D eigenvalue weighted by Gasteiger charge is -2.12. The summed E-state index contributed by atoms with van der Waals surface area (Å²) >= 11 is 0. The normalized spacial score (nSPS) is 14.0. The number of carbonyl (C=O) groups excluding carboxylic acids is 2. The van der Waals surface area contributed by atoms with Gasteiger partial charge in [0.25, 0.3) is 11.8 Å². The van der Waals surface area contributed by atoms with Gasteiger partial charge in [-0.1, -0.05) is 12.1 Å². The minimum Gasteiger partial charge on any atom is -0.494 e. The van der Waals surface area contributed by atoms with Gasteiger partial charge in [0.1, 0.15) is 17.2 Å². The van der Waals surface area contributed by atoms with Crippen molar-refractivity contribution in [1.29, 1.82) is 0 Å². The average molecular weight is 394 g/mol. The summed E-state index contributed by atoms with van der Waals surface area (Å²) in [5.41, 5.74) is 2.02. The van der Waals surface area contributed by atoms with Crippen LogP contribution in [0.4, 0.5) is 5.69 Å². The number of ether oxygens (including phenoxy) is 2. The van der Waals surface area contributed by atoms with Crippen molar-refractivity contribution < 1.29 is 19.1 Å². The Labute approximate surface area is 171 Å². The maximum Gasteiger partial charge on any atom is 0.278 e. The molecule has 0 spiro atoms. The Balaban J connectivity index is 1.95. The maximum absolute atomic E-state index is 12.9. The molecule has 1 aliphatic rings. The minimum absolute atomic E-state index is 0.0576. The fraction of sp³-hybridized carbons (Fsp3) is 0.304. The van der Waals surface area contributed by atoms with Gasteiger partial charge in [0.05, 0.1) is 18.3 Å². The van der Waals surface area contributed by atoms with E-state index in [0.29, 0.717) is 30.0 Å². The summed E-state index contributed by atoms with van der Waals surface area (Å²) in [7, 11) is 0. The second-order valence-corrected chi connectivity index (χ2v) is 6.88. The Morgan fingerprint density at radius 1 is 0.897 bits per heavy atom. The molecule has 3 rings (SSSR count). The van der Waals surface area contributed by atoms with Crippen LogP contribution in [0.1, 0.15) is 33.3 Å². The second-order valence-electron chi connectivity index (χ2n) is 6.88. The van der Waals surface area contributed by atoms with Gasteiger partial charge in [-0.2, -0.15) is 0 Å². The van der Waals surface area contributed by atoms with E-state index in [1.165, 1.54) is 4.90 Å². The number of carbonyl (C=O) groups is 2. The second kappa shape index (κ2) is 8.82. The van der Waals surface area contributed by atoms with Crippen molar-refractivity contribution in [2.45, 2.75) is 33.8 Å². The Kier molecular flexibility index (Phi) is 6.22. The van der Waals surface area contributed by atoms with Crippen molar-refractivity contribution in [2.24, 2.45) is 0 Å². The van der Waals surface area contributed by atoms with Crippen LogP contribution >= 0.6 is 0 Å². The molecule has 152 valence electrons. The third-order valence-electron chi connectivity index (χ3n) is 4.43. The van der Waals surface area contributed by atoms with Gasteiger partial charge in [-0.3, -0.25) is 14.5 Å². The SMILES string of the molecule is CCOc1ccc(NC2=C(c3ccc(OC(C)C)cc3)C(=O)N(CC)C2=O)cc1. The molecular weight excluding hydrogens is 368 g/mol. The van der Waals surface area contributed by atoms with E-state index >= 15 is 0 Å². The summed E-state index contributed by atoms with van der Waals surface area (Å²) in [6, 6.07) is 14.5. The summed E-state index contributed by atoms with van der Waals surface area (Å²) in [6.45, 7) is 8.50. The van der Waals surface area contributed by atoms with Gasteiger partial charge in [-0.05, 0) is 69.7 Å². The van der Waals surface area contributed by atoms with E-state index in [-0.39, 0.29) is 23.6 Å². The lowest BCUT2D eigenvalue weighted by molar-refractivity contribution is -0.136. The van der Waals surface area contributed by atoms with Gasteiger partial charge in [-0.25, -0.2) is 0 Å². The van der Waals surface area contributed by atoms with Gasteiger partial charge >= 0.3 is 0 Å². The zero-order valence-corrected chi connectivity index (χ0v) is 17.2. The Hall–Kier alpha value is -3.28. The monoisotopic (exact) mass is 394 g/mol. The van der Waals surface area contributed by atoms with Crippen LogP contribution in [0, 0.1) is 0 Å². The Morgan fingerprint density at radius 2 is 1.52 bits per heavy atom. The molecule has 29 heavy (non-hydrogen) atoms. The summed E-state index contributed by atoms with van der Waals surface area (Å²) in [5, 5.41) is 3.13. The van der Waals surface area contributed by atoms with Gasteiger partial charge in [0.2, 0.25) is 0 Å². The molecule has 0 saturated carbocycles. The number of amides is 2. The van der Waals surface area contributed by atoms with Crippen LogP contribution in [0.5, 0.6) is 11.5 Å². The van der Waals surface area contributed by atoms with E-state index in [2.05, 4.69) is 5.32 Å². The first kappa shape index (κ1) is 20.5. The van der Waals surface area contributed by atoms with E-state index in [9.17, 15) is 9.59 Å². The van der Waals surface area contributed by atoms with E-state index < -0.39 is 0 Å². The van der Waals surface area contributed by atoms with Crippen LogP contribution in [0.3, 0.4) is 0 Å². The van der Waals surface area contributed by atoms with E-state index in [0.717, 1.165) is 11.5 Å². The van der Waals surface area contributed by atoms with Crippen molar-refractivity contribution in [3.63, 3.8) is 0 Å². The number of hydrogen-bond donors (Lipinski definition) is 1. The average Bonchev–Trinajstić information content (AvgIpc) is 2.93. The predicted molar refractivity (Wildman–Crippen MR) is 113 cm³/mol. The fourth-order valence-electron chi connectivity index (χ4n) is 3.16. The lowest BCUT2D eigenvalue weighted by atomic mass is 10.0. The summed E-state index contributed by atoms with van der Waals surface area (Å²) in [6.07, 6.45) is 0.0576. The molecule has 0 bridgehead atoms. The highest BCUT2D eigenvalue weighted by Gasteiger charge is 2.38. The number of hydrogen-bond acceptors (Lipinski definition) is 5. The number of nitrogens with one attached hydrogen (secondary N) is 1. The highest BCUT2D eigenvalue weighted by Crippen LogP contribution is 2.31. The van der Waals surface area contributed by atoms with Crippen LogP contribution in [0.2, 0.25) is 0 Å². The molecule has 0 atom stereocenters. The van der Waals surface area contributed by atoms with Crippen molar-refractivity contribution in [1.82, 2.24) is 4.90 Å². The smallest absolute Gasteiger partial charge is 0.278 e. The first-order valence-electron chi connectivity index (χ1n) is 9.82. The van der Waals surface area contributed by atoms with Gasteiger partial charge in [-0.15, -0.1) is 0 Å². The maximum atomic E-state index is 12.9. The topological polar surface area (TPSA) is 67.9 Å². The molecule has 2 aromatic carbocycles.